The lowest BCUT2D eigenvalue weighted by molar-refractivity contribution is 0.426. The van der Waals surface area contributed by atoms with Crippen LogP contribution in [-0.2, 0) is 6.42 Å². The summed E-state index contributed by atoms with van der Waals surface area (Å²) in [7, 11) is 0. The Morgan fingerprint density at radius 1 is 1.46 bits per heavy atom. The van der Waals surface area contributed by atoms with Gasteiger partial charge >= 0.3 is 0 Å². The van der Waals surface area contributed by atoms with Crippen molar-refractivity contribution < 1.29 is 9.50 Å². The van der Waals surface area contributed by atoms with Gasteiger partial charge in [-0.05, 0) is 24.5 Å². The lowest BCUT2D eigenvalue weighted by atomic mass is 10.0. The number of rotatable bonds is 2. The van der Waals surface area contributed by atoms with Crippen molar-refractivity contribution >= 4 is 11.6 Å². The van der Waals surface area contributed by atoms with Crippen molar-refractivity contribution in [1.29, 1.82) is 0 Å². The fourth-order valence-electron chi connectivity index (χ4n) is 1.18. The topological polar surface area (TPSA) is 20.2 Å². The van der Waals surface area contributed by atoms with Crippen molar-refractivity contribution in [3.63, 3.8) is 0 Å². The lowest BCUT2D eigenvalue weighted by Gasteiger charge is -2.09. The number of hydrogen-bond acceptors (Lipinski definition) is 1. The molecule has 0 saturated heterocycles. The Hall–Kier alpha value is -0.760. The molecule has 0 aliphatic heterocycles. The Labute approximate surface area is 82.2 Å². The third-order valence-corrected chi connectivity index (χ3v) is 2.13. The van der Waals surface area contributed by atoms with E-state index < -0.39 is 5.82 Å². The SMILES string of the molecule is CC(C)Cc1c(Cl)ccc(O)c1F. The molecule has 0 bridgehead atoms. The predicted molar refractivity (Wildman–Crippen MR) is 51.6 cm³/mol. The molecule has 0 heterocycles. The van der Waals surface area contributed by atoms with Crippen LogP contribution in [0.3, 0.4) is 0 Å². The summed E-state index contributed by atoms with van der Waals surface area (Å²) in [6.45, 7) is 3.94. The molecule has 13 heavy (non-hydrogen) atoms. The zero-order chi connectivity index (χ0) is 10.0. The number of halogens is 2. The number of aromatic hydroxyl groups is 1. The maximum absolute atomic E-state index is 13.3. The van der Waals surface area contributed by atoms with E-state index in [1.165, 1.54) is 12.1 Å². The van der Waals surface area contributed by atoms with Crippen LogP contribution in [0, 0.1) is 11.7 Å². The molecule has 0 aliphatic carbocycles. The highest BCUT2D eigenvalue weighted by atomic mass is 35.5. The van der Waals surface area contributed by atoms with Gasteiger partial charge in [0.1, 0.15) is 0 Å². The van der Waals surface area contributed by atoms with Crippen LogP contribution in [0.25, 0.3) is 0 Å². The van der Waals surface area contributed by atoms with E-state index in [0.29, 0.717) is 22.9 Å². The molecule has 0 radical (unpaired) electrons. The van der Waals surface area contributed by atoms with Crippen LogP contribution in [0.1, 0.15) is 19.4 Å². The molecule has 72 valence electrons. The van der Waals surface area contributed by atoms with E-state index in [0.717, 1.165) is 0 Å². The van der Waals surface area contributed by atoms with Crippen LogP contribution >= 0.6 is 11.6 Å². The summed E-state index contributed by atoms with van der Waals surface area (Å²) in [5, 5.41) is 9.48. The second-order valence-corrected chi connectivity index (χ2v) is 3.86. The highest BCUT2D eigenvalue weighted by Gasteiger charge is 2.12. The number of phenolic OH excluding ortho intramolecular Hbond substituents is 1. The Morgan fingerprint density at radius 3 is 2.62 bits per heavy atom. The maximum atomic E-state index is 13.3. The molecule has 0 aromatic heterocycles. The summed E-state index contributed by atoms with van der Waals surface area (Å²) in [6, 6.07) is 2.78. The van der Waals surface area contributed by atoms with E-state index in [2.05, 4.69) is 0 Å². The fourth-order valence-corrected chi connectivity index (χ4v) is 1.40. The van der Waals surface area contributed by atoms with E-state index in [4.69, 9.17) is 16.7 Å². The molecule has 1 aromatic rings. The number of benzene rings is 1. The Kier molecular flexibility index (Phi) is 3.15. The van der Waals surface area contributed by atoms with E-state index in [1.807, 2.05) is 13.8 Å². The van der Waals surface area contributed by atoms with Crippen molar-refractivity contribution in [2.24, 2.45) is 5.92 Å². The molecule has 0 fully saturated rings. The minimum absolute atomic E-state index is 0.314. The van der Waals surface area contributed by atoms with Gasteiger partial charge in [-0.25, -0.2) is 4.39 Å². The van der Waals surface area contributed by atoms with Gasteiger partial charge in [0.25, 0.3) is 0 Å². The normalized spacial score (nSPS) is 10.8. The standard InChI is InChI=1S/C10H12ClFO/c1-6(2)5-7-8(11)3-4-9(13)10(7)12/h3-4,6,13H,5H2,1-2H3. The first-order chi connectivity index (χ1) is 6.02. The van der Waals surface area contributed by atoms with Crippen molar-refractivity contribution in [3.8, 4) is 5.75 Å². The fraction of sp³-hybridized carbons (Fsp3) is 0.400. The largest absolute Gasteiger partial charge is 0.505 e. The maximum Gasteiger partial charge on any atom is 0.169 e. The number of phenols is 1. The number of hydrogen-bond donors (Lipinski definition) is 1. The van der Waals surface area contributed by atoms with Crippen LogP contribution in [0.4, 0.5) is 4.39 Å². The van der Waals surface area contributed by atoms with Crippen molar-refractivity contribution in [2.45, 2.75) is 20.3 Å². The minimum atomic E-state index is -0.596. The first kappa shape index (κ1) is 10.3. The molecule has 0 aliphatic rings. The molecule has 0 atom stereocenters. The third-order valence-electron chi connectivity index (χ3n) is 1.78. The molecule has 1 N–H and O–H groups in total. The van der Waals surface area contributed by atoms with Crippen LogP contribution < -0.4 is 0 Å². The molecule has 1 rings (SSSR count). The summed E-state index contributed by atoms with van der Waals surface area (Å²) >= 11 is 5.79. The third kappa shape index (κ3) is 2.34. The van der Waals surface area contributed by atoms with E-state index >= 15 is 0 Å². The van der Waals surface area contributed by atoms with Crippen LogP contribution in [0.2, 0.25) is 5.02 Å². The van der Waals surface area contributed by atoms with Gasteiger partial charge in [-0.2, -0.15) is 0 Å². The van der Waals surface area contributed by atoms with Gasteiger partial charge < -0.3 is 5.11 Å². The van der Waals surface area contributed by atoms with Gasteiger partial charge in [0, 0.05) is 10.6 Å². The van der Waals surface area contributed by atoms with E-state index in [9.17, 15) is 4.39 Å². The average Bonchev–Trinajstić information content (AvgIpc) is 2.05. The molecule has 1 nitrogen and oxygen atoms in total. The second-order valence-electron chi connectivity index (χ2n) is 3.46. The first-order valence-corrected chi connectivity index (χ1v) is 4.56. The van der Waals surface area contributed by atoms with E-state index in [1.54, 1.807) is 0 Å². The summed E-state index contributed by atoms with van der Waals surface area (Å²) < 4.78 is 13.3. The molecular weight excluding hydrogens is 191 g/mol. The monoisotopic (exact) mass is 202 g/mol. The molecular formula is C10H12ClFO. The average molecular weight is 203 g/mol. The van der Waals surface area contributed by atoms with E-state index in [-0.39, 0.29) is 5.75 Å². The van der Waals surface area contributed by atoms with Crippen LogP contribution in [0.5, 0.6) is 5.75 Å². The van der Waals surface area contributed by atoms with Crippen LogP contribution in [0.15, 0.2) is 12.1 Å². The van der Waals surface area contributed by atoms with Gasteiger partial charge in [-0.3, -0.25) is 0 Å². The van der Waals surface area contributed by atoms with Gasteiger partial charge in [-0.1, -0.05) is 25.4 Å². The van der Waals surface area contributed by atoms with Gasteiger partial charge in [0.2, 0.25) is 0 Å². The Morgan fingerprint density at radius 2 is 2.08 bits per heavy atom. The summed E-state index contributed by atoms with van der Waals surface area (Å²) in [5.74, 6) is -0.616. The molecule has 0 amide bonds. The van der Waals surface area contributed by atoms with Gasteiger partial charge in [0.15, 0.2) is 11.6 Å². The summed E-state index contributed by atoms with van der Waals surface area (Å²) in [4.78, 5) is 0. The van der Waals surface area contributed by atoms with Crippen molar-refractivity contribution in [2.75, 3.05) is 0 Å². The predicted octanol–water partition coefficient (Wildman–Crippen LogP) is 3.38. The quantitative estimate of drug-likeness (QED) is 0.780. The highest BCUT2D eigenvalue weighted by molar-refractivity contribution is 6.31. The Balaban J connectivity index is 3.10. The molecule has 0 spiro atoms. The zero-order valence-corrected chi connectivity index (χ0v) is 8.40. The second kappa shape index (κ2) is 3.97. The highest BCUT2D eigenvalue weighted by Crippen LogP contribution is 2.28. The van der Waals surface area contributed by atoms with Gasteiger partial charge in [-0.15, -0.1) is 0 Å². The molecule has 3 heteroatoms. The molecule has 0 saturated carbocycles. The summed E-state index contributed by atoms with van der Waals surface area (Å²) in [6.07, 6.45) is 0.541. The summed E-state index contributed by atoms with van der Waals surface area (Å²) in [5.41, 5.74) is 0.400. The zero-order valence-electron chi connectivity index (χ0n) is 7.64. The van der Waals surface area contributed by atoms with Crippen LogP contribution in [-0.4, -0.2) is 5.11 Å². The van der Waals surface area contributed by atoms with Crippen molar-refractivity contribution in [3.05, 3.63) is 28.5 Å². The van der Waals surface area contributed by atoms with Crippen molar-refractivity contribution in [1.82, 2.24) is 0 Å². The smallest absolute Gasteiger partial charge is 0.169 e. The lowest BCUT2D eigenvalue weighted by Crippen LogP contribution is -1.98. The Bertz CT molecular complexity index is 310. The van der Waals surface area contributed by atoms with Gasteiger partial charge in [0.05, 0.1) is 0 Å². The molecule has 1 aromatic carbocycles. The first-order valence-electron chi connectivity index (χ1n) is 4.18. The minimum Gasteiger partial charge on any atom is -0.505 e. The molecule has 0 unspecified atom stereocenters.